The van der Waals surface area contributed by atoms with Crippen LogP contribution in [0.3, 0.4) is 0 Å². The highest BCUT2D eigenvalue weighted by Crippen LogP contribution is 2.15. The number of imide groups is 1. The van der Waals surface area contributed by atoms with Gasteiger partial charge in [0.2, 0.25) is 11.8 Å². The Hall–Kier alpha value is -2.19. The van der Waals surface area contributed by atoms with Gasteiger partial charge in [0.15, 0.2) is 0 Å². The first-order valence-corrected chi connectivity index (χ1v) is 6.12. The molecule has 5 heteroatoms. The monoisotopic (exact) mass is 257 g/mol. The number of likely N-dealkylation sites (N-methyl/N-ethyl adjacent to an activating group) is 1. The average molecular weight is 257 g/mol. The normalized spacial score (nSPS) is 20.4. The molecule has 0 aromatic heterocycles. The van der Waals surface area contributed by atoms with Crippen molar-refractivity contribution in [1.29, 1.82) is 5.26 Å². The van der Waals surface area contributed by atoms with Crippen LogP contribution in [0.2, 0.25) is 0 Å². The Morgan fingerprint density at radius 3 is 2.63 bits per heavy atom. The zero-order valence-corrected chi connectivity index (χ0v) is 10.7. The van der Waals surface area contributed by atoms with Gasteiger partial charge in [-0.25, -0.2) is 0 Å². The Kier molecular flexibility index (Phi) is 3.93. The van der Waals surface area contributed by atoms with Gasteiger partial charge < -0.3 is 5.32 Å². The SMILES string of the molecule is CN1C(=O)CC(NCC(C#N)c2ccccc2)C1=O. The maximum absolute atomic E-state index is 11.7. The fourth-order valence-corrected chi connectivity index (χ4v) is 2.10. The first-order valence-electron chi connectivity index (χ1n) is 6.12. The van der Waals surface area contributed by atoms with Crippen LogP contribution in [0.15, 0.2) is 30.3 Å². The van der Waals surface area contributed by atoms with E-state index >= 15 is 0 Å². The smallest absolute Gasteiger partial charge is 0.246 e. The van der Waals surface area contributed by atoms with Crippen molar-refractivity contribution in [3.63, 3.8) is 0 Å². The lowest BCUT2D eigenvalue weighted by Gasteiger charge is -2.14. The van der Waals surface area contributed by atoms with E-state index in [0.717, 1.165) is 10.5 Å². The van der Waals surface area contributed by atoms with Crippen molar-refractivity contribution in [2.24, 2.45) is 0 Å². The minimum absolute atomic E-state index is 0.169. The number of carbonyl (C=O) groups is 2. The van der Waals surface area contributed by atoms with Gasteiger partial charge in [0.05, 0.1) is 24.4 Å². The third-order valence-corrected chi connectivity index (χ3v) is 3.31. The summed E-state index contributed by atoms with van der Waals surface area (Å²) in [6.45, 7) is 0.359. The summed E-state index contributed by atoms with van der Waals surface area (Å²) in [4.78, 5) is 24.2. The van der Waals surface area contributed by atoms with Crippen LogP contribution in [-0.2, 0) is 9.59 Å². The highest BCUT2D eigenvalue weighted by molar-refractivity contribution is 6.05. The number of benzene rings is 1. The lowest BCUT2D eigenvalue weighted by molar-refractivity contribution is -0.137. The first-order chi connectivity index (χ1) is 9.13. The fourth-order valence-electron chi connectivity index (χ4n) is 2.10. The standard InChI is InChI=1S/C14H15N3O2/c1-17-13(18)7-12(14(17)19)16-9-11(8-15)10-5-3-2-4-6-10/h2-6,11-12,16H,7,9H2,1H3. The molecule has 1 saturated heterocycles. The van der Waals surface area contributed by atoms with Gasteiger partial charge in [0.25, 0.3) is 0 Å². The summed E-state index contributed by atoms with van der Waals surface area (Å²) in [5.41, 5.74) is 0.905. The van der Waals surface area contributed by atoms with Crippen molar-refractivity contribution in [3.8, 4) is 6.07 Å². The molecule has 2 unspecified atom stereocenters. The molecule has 2 rings (SSSR count). The van der Waals surface area contributed by atoms with Crippen molar-refractivity contribution in [1.82, 2.24) is 10.2 Å². The van der Waals surface area contributed by atoms with E-state index in [4.69, 9.17) is 0 Å². The van der Waals surface area contributed by atoms with E-state index in [1.54, 1.807) is 0 Å². The third-order valence-electron chi connectivity index (χ3n) is 3.31. The van der Waals surface area contributed by atoms with E-state index in [9.17, 15) is 14.9 Å². The molecule has 2 amide bonds. The highest BCUT2D eigenvalue weighted by atomic mass is 16.2. The van der Waals surface area contributed by atoms with E-state index in [2.05, 4.69) is 11.4 Å². The minimum Gasteiger partial charge on any atom is -0.304 e. The van der Waals surface area contributed by atoms with E-state index in [1.807, 2.05) is 30.3 Å². The second kappa shape index (κ2) is 5.63. The predicted octanol–water partition coefficient (Wildman–Crippen LogP) is 0.641. The number of hydrogen-bond acceptors (Lipinski definition) is 4. The molecular weight excluding hydrogens is 242 g/mol. The molecule has 1 aliphatic rings. The number of hydrogen-bond donors (Lipinski definition) is 1. The summed E-state index contributed by atoms with van der Waals surface area (Å²) >= 11 is 0. The fraction of sp³-hybridized carbons (Fsp3) is 0.357. The molecule has 1 aromatic rings. The topological polar surface area (TPSA) is 73.2 Å². The van der Waals surface area contributed by atoms with Crippen molar-refractivity contribution < 1.29 is 9.59 Å². The molecule has 19 heavy (non-hydrogen) atoms. The van der Waals surface area contributed by atoms with Crippen LogP contribution >= 0.6 is 0 Å². The van der Waals surface area contributed by atoms with Crippen LogP contribution in [0.4, 0.5) is 0 Å². The van der Waals surface area contributed by atoms with Crippen molar-refractivity contribution in [3.05, 3.63) is 35.9 Å². The van der Waals surface area contributed by atoms with Crippen molar-refractivity contribution >= 4 is 11.8 Å². The molecule has 0 saturated carbocycles. The summed E-state index contributed by atoms with van der Waals surface area (Å²) in [6.07, 6.45) is 0.169. The van der Waals surface area contributed by atoms with E-state index in [0.29, 0.717) is 6.54 Å². The number of nitriles is 1. The average Bonchev–Trinajstić information content (AvgIpc) is 2.68. The van der Waals surface area contributed by atoms with Gasteiger partial charge in [-0.15, -0.1) is 0 Å². The van der Waals surface area contributed by atoms with Crippen LogP contribution in [0.1, 0.15) is 17.9 Å². The maximum Gasteiger partial charge on any atom is 0.246 e. The molecular formula is C14H15N3O2. The second-order valence-electron chi connectivity index (χ2n) is 4.55. The van der Waals surface area contributed by atoms with Crippen LogP contribution in [0.25, 0.3) is 0 Å². The molecule has 0 bridgehead atoms. The zero-order chi connectivity index (χ0) is 13.8. The molecule has 1 aliphatic heterocycles. The Balaban J connectivity index is 1.97. The van der Waals surface area contributed by atoms with Gasteiger partial charge in [0, 0.05) is 13.6 Å². The lowest BCUT2D eigenvalue weighted by Crippen LogP contribution is -2.38. The number of rotatable bonds is 4. The Morgan fingerprint density at radius 1 is 1.42 bits per heavy atom. The summed E-state index contributed by atoms with van der Waals surface area (Å²) in [7, 11) is 1.48. The van der Waals surface area contributed by atoms with E-state index in [-0.39, 0.29) is 24.2 Å². The van der Waals surface area contributed by atoms with Crippen LogP contribution < -0.4 is 5.32 Å². The largest absolute Gasteiger partial charge is 0.304 e. The molecule has 2 atom stereocenters. The van der Waals surface area contributed by atoms with Crippen LogP contribution in [0.5, 0.6) is 0 Å². The third kappa shape index (κ3) is 2.80. The van der Waals surface area contributed by atoms with Crippen LogP contribution in [-0.4, -0.2) is 36.3 Å². The van der Waals surface area contributed by atoms with Crippen LogP contribution in [0, 0.1) is 11.3 Å². The van der Waals surface area contributed by atoms with Gasteiger partial charge in [-0.05, 0) is 5.56 Å². The van der Waals surface area contributed by atoms with Crippen molar-refractivity contribution in [2.75, 3.05) is 13.6 Å². The summed E-state index contributed by atoms with van der Waals surface area (Å²) < 4.78 is 0. The van der Waals surface area contributed by atoms with E-state index in [1.165, 1.54) is 7.05 Å². The minimum atomic E-state index is -0.503. The number of nitrogens with zero attached hydrogens (tertiary/aromatic N) is 2. The van der Waals surface area contributed by atoms with Gasteiger partial charge >= 0.3 is 0 Å². The number of amides is 2. The first kappa shape index (κ1) is 13.2. The molecule has 5 nitrogen and oxygen atoms in total. The number of likely N-dealkylation sites (tertiary alicyclic amines) is 1. The van der Waals surface area contributed by atoms with Crippen molar-refractivity contribution in [2.45, 2.75) is 18.4 Å². The summed E-state index contributed by atoms with van der Waals surface area (Å²) in [6, 6.07) is 11.1. The Labute approximate surface area is 111 Å². The molecule has 1 N–H and O–H groups in total. The molecule has 1 fully saturated rings. The second-order valence-corrected chi connectivity index (χ2v) is 4.55. The molecule has 0 spiro atoms. The number of nitrogens with one attached hydrogen (secondary N) is 1. The quantitative estimate of drug-likeness (QED) is 0.803. The van der Waals surface area contributed by atoms with Gasteiger partial charge in [-0.1, -0.05) is 30.3 Å². The Bertz CT molecular complexity index is 521. The lowest BCUT2D eigenvalue weighted by atomic mass is 10.0. The highest BCUT2D eigenvalue weighted by Gasteiger charge is 2.35. The molecule has 0 aliphatic carbocycles. The van der Waals surface area contributed by atoms with Gasteiger partial charge in [0.1, 0.15) is 0 Å². The Morgan fingerprint density at radius 2 is 2.11 bits per heavy atom. The molecule has 1 aromatic carbocycles. The number of carbonyl (C=O) groups excluding carboxylic acids is 2. The van der Waals surface area contributed by atoms with Gasteiger partial charge in [-0.2, -0.15) is 5.26 Å². The summed E-state index contributed by atoms with van der Waals surface area (Å²) in [5.74, 6) is -0.736. The van der Waals surface area contributed by atoms with Gasteiger partial charge in [-0.3, -0.25) is 14.5 Å². The summed E-state index contributed by atoms with van der Waals surface area (Å²) in [5, 5.41) is 12.2. The molecule has 0 radical (unpaired) electrons. The molecule has 1 heterocycles. The van der Waals surface area contributed by atoms with E-state index < -0.39 is 6.04 Å². The zero-order valence-electron chi connectivity index (χ0n) is 10.7. The predicted molar refractivity (Wildman–Crippen MR) is 69.0 cm³/mol. The maximum atomic E-state index is 11.7. The molecule has 98 valence electrons.